The third-order valence-electron chi connectivity index (χ3n) is 10.8. The molecule has 4 nitrogen and oxygen atoms in total. The Hall–Kier alpha value is -2.75. The van der Waals surface area contributed by atoms with Crippen molar-refractivity contribution in [2.45, 2.75) is 91.6 Å². The molecule has 6 rings (SSSR count). The molecule has 0 saturated heterocycles. The number of anilines is 2. The molecule has 0 bridgehead atoms. The quantitative estimate of drug-likeness (QED) is 0.292. The summed E-state index contributed by atoms with van der Waals surface area (Å²) in [6, 6.07) is 12.8. The fourth-order valence-electron chi connectivity index (χ4n) is 8.64. The molecule has 39 heavy (non-hydrogen) atoms. The number of carbonyl (C=O) groups is 1. The van der Waals surface area contributed by atoms with Gasteiger partial charge in [0, 0.05) is 16.8 Å². The van der Waals surface area contributed by atoms with E-state index in [1.165, 1.54) is 30.0 Å². The number of nitrogens with one attached hydrogen (secondary N) is 2. The number of allylic oxidation sites excluding steroid dienone is 4. The predicted octanol–water partition coefficient (Wildman–Crippen LogP) is 8.85. The molecule has 0 aromatic heterocycles. The van der Waals surface area contributed by atoms with Gasteiger partial charge >= 0.3 is 5.97 Å². The minimum absolute atomic E-state index is 0.0225. The molecule has 208 valence electrons. The Morgan fingerprint density at radius 2 is 1.77 bits per heavy atom. The lowest BCUT2D eigenvalue weighted by Gasteiger charge is -2.57. The lowest BCUT2D eigenvalue weighted by atomic mass is 9.47. The van der Waals surface area contributed by atoms with Crippen LogP contribution >= 0.6 is 0 Å². The zero-order valence-electron chi connectivity index (χ0n) is 24.5. The van der Waals surface area contributed by atoms with Gasteiger partial charge in [-0.05, 0) is 105 Å². The highest BCUT2D eigenvalue weighted by atomic mass is 16.5. The van der Waals surface area contributed by atoms with Crippen molar-refractivity contribution in [1.29, 1.82) is 0 Å². The molecule has 0 spiro atoms. The van der Waals surface area contributed by atoms with Crippen molar-refractivity contribution in [2.24, 2.45) is 28.6 Å². The number of rotatable bonds is 6. The van der Waals surface area contributed by atoms with Gasteiger partial charge in [-0.1, -0.05) is 69.2 Å². The van der Waals surface area contributed by atoms with Gasteiger partial charge in [-0.25, -0.2) is 0 Å². The molecule has 4 heteroatoms. The zero-order valence-corrected chi connectivity index (χ0v) is 24.5. The van der Waals surface area contributed by atoms with Gasteiger partial charge in [0.1, 0.15) is 5.66 Å². The van der Waals surface area contributed by atoms with Gasteiger partial charge in [-0.2, -0.15) is 0 Å². The number of esters is 1. The Labute approximate surface area is 234 Å². The molecule has 1 heterocycles. The summed E-state index contributed by atoms with van der Waals surface area (Å²) in [6.45, 7) is 12.0. The van der Waals surface area contributed by atoms with Gasteiger partial charge in [0.25, 0.3) is 0 Å². The topological polar surface area (TPSA) is 50.4 Å². The lowest BCUT2D eigenvalue weighted by molar-refractivity contribution is -0.169. The molecule has 2 N–H and O–H groups in total. The van der Waals surface area contributed by atoms with Crippen molar-refractivity contribution < 1.29 is 9.53 Å². The van der Waals surface area contributed by atoms with Gasteiger partial charge in [-0.15, -0.1) is 0 Å². The number of benzene rings is 2. The SMILES string of the molecule is CC(C)C1=CC2=CCC3C(C)(C(=O)OCCCC4(C)Nc5cccc6cccc(c56)N4)CCCC3(C)C2CC1. The number of hydrogen-bond acceptors (Lipinski definition) is 4. The molecular weight excluding hydrogens is 480 g/mol. The molecule has 4 unspecified atom stereocenters. The number of hydrogen-bond donors (Lipinski definition) is 2. The van der Waals surface area contributed by atoms with Crippen LogP contribution in [0.1, 0.15) is 86.0 Å². The summed E-state index contributed by atoms with van der Waals surface area (Å²) in [5.74, 6) is 1.56. The third-order valence-corrected chi connectivity index (χ3v) is 10.8. The smallest absolute Gasteiger partial charge is 0.312 e. The van der Waals surface area contributed by atoms with Crippen molar-refractivity contribution in [2.75, 3.05) is 17.2 Å². The van der Waals surface area contributed by atoms with E-state index in [-0.39, 0.29) is 17.0 Å². The highest BCUT2D eigenvalue weighted by Crippen LogP contribution is 2.62. The summed E-state index contributed by atoms with van der Waals surface area (Å²) < 4.78 is 6.10. The molecule has 3 aliphatic carbocycles. The normalized spacial score (nSPS) is 30.8. The number of ether oxygens (including phenoxy) is 1. The van der Waals surface area contributed by atoms with Crippen molar-refractivity contribution in [3.63, 3.8) is 0 Å². The monoisotopic (exact) mass is 526 g/mol. The third kappa shape index (κ3) is 4.48. The second kappa shape index (κ2) is 9.71. The van der Waals surface area contributed by atoms with Crippen LogP contribution in [-0.2, 0) is 9.53 Å². The Morgan fingerprint density at radius 1 is 1.05 bits per heavy atom. The van der Waals surface area contributed by atoms with E-state index >= 15 is 0 Å². The zero-order chi connectivity index (χ0) is 27.4. The average Bonchev–Trinajstić information content (AvgIpc) is 2.90. The maximum Gasteiger partial charge on any atom is 0.312 e. The van der Waals surface area contributed by atoms with Crippen molar-refractivity contribution in [1.82, 2.24) is 0 Å². The van der Waals surface area contributed by atoms with E-state index in [0.717, 1.165) is 43.5 Å². The van der Waals surface area contributed by atoms with Crippen LogP contribution in [0.5, 0.6) is 0 Å². The first-order valence-electron chi connectivity index (χ1n) is 15.3. The fourth-order valence-corrected chi connectivity index (χ4v) is 8.64. The minimum Gasteiger partial charge on any atom is -0.465 e. The van der Waals surface area contributed by atoms with Crippen molar-refractivity contribution in [3.05, 3.63) is 59.7 Å². The Kier molecular flexibility index (Phi) is 6.59. The molecule has 1 aliphatic heterocycles. The van der Waals surface area contributed by atoms with Crippen LogP contribution in [0.3, 0.4) is 0 Å². The van der Waals surface area contributed by atoms with Gasteiger partial charge in [0.2, 0.25) is 0 Å². The van der Waals surface area contributed by atoms with E-state index < -0.39 is 5.41 Å². The first kappa shape index (κ1) is 26.5. The van der Waals surface area contributed by atoms with Crippen LogP contribution in [0, 0.1) is 28.6 Å². The average molecular weight is 527 g/mol. The molecule has 1 fully saturated rings. The maximum atomic E-state index is 13.8. The van der Waals surface area contributed by atoms with Crippen LogP contribution in [-0.4, -0.2) is 18.2 Å². The summed E-state index contributed by atoms with van der Waals surface area (Å²) >= 11 is 0. The fraction of sp³-hybridized carbons (Fsp3) is 0.571. The number of fused-ring (bicyclic) bond motifs is 3. The molecule has 0 amide bonds. The van der Waals surface area contributed by atoms with Crippen LogP contribution in [0.2, 0.25) is 0 Å². The van der Waals surface area contributed by atoms with E-state index in [0.29, 0.717) is 24.4 Å². The first-order chi connectivity index (χ1) is 18.6. The Bertz CT molecular complexity index is 1300. The summed E-state index contributed by atoms with van der Waals surface area (Å²) in [7, 11) is 0. The van der Waals surface area contributed by atoms with E-state index in [9.17, 15) is 4.79 Å². The van der Waals surface area contributed by atoms with Gasteiger partial charge < -0.3 is 15.4 Å². The van der Waals surface area contributed by atoms with E-state index in [4.69, 9.17) is 4.74 Å². The van der Waals surface area contributed by atoms with Crippen molar-refractivity contribution >= 4 is 28.1 Å². The molecule has 1 saturated carbocycles. The van der Waals surface area contributed by atoms with E-state index in [1.54, 1.807) is 11.1 Å². The molecule has 2 aromatic carbocycles. The highest BCUT2D eigenvalue weighted by Gasteiger charge is 2.57. The minimum atomic E-state index is -0.406. The predicted molar refractivity (Wildman–Crippen MR) is 162 cm³/mol. The Morgan fingerprint density at radius 3 is 2.46 bits per heavy atom. The molecule has 0 radical (unpaired) electrons. The van der Waals surface area contributed by atoms with Crippen molar-refractivity contribution in [3.8, 4) is 0 Å². The molecular formula is C35H46N2O2. The molecule has 4 atom stereocenters. The van der Waals surface area contributed by atoms with Gasteiger partial charge in [-0.3, -0.25) is 4.79 Å². The maximum absolute atomic E-state index is 13.8. The van der Waals surface area contributed by atoms with Crippen LogP contribution in [0.15, 0.2) is 59.7 Å². The summed E-state index contributed by atoms with van der Waals surface area (Å²) in [5.41, 5.74) is 4.95. The second-order valence-electron chi connectivity index (χ2n) is 13.8. The van der Waals surface area contributed by atoms with Crippen LogP contribution < -0.4 is 10.6 Å². The second-order valence-corrected chi connectivity index (χ2v) is 13.8. The van der Waals surface area contributed by atoms with E-state index in [2.05, 4.69) is 93.8 Å². The summed E-state index contributed by atoms with van der Waals surface area (Å²) in [6.07, 6.45) is 13.3. The molecule has 4 aliphatic rings. The highest BCUT2D eigenvalue weighted by molar-refractivity contribution is 6.05. The number of carbonyl (C=O) groups excluding carboxylic acids is 1. The Balaban J connectivity index is 1.10. The largest absolute Gasteiger partial charge is 0.465 e. The summed E-state index contributed by atoms with van der Waals surface area (Å²) in [5, 5.41) is 9.91. The van der Waals surface area contributed by atoms with E-state index in [1.807, 2.05) is 0 Å². The van der Waals surface area contributed by atoms with Gasteiger partial charge in [0.05, 0.1) is 12.0 Å². The van der Waals surface area contributed by atoms with Crippen LogP contribution in [0.25, 0.3) is 10.8 Å². The first-order valence-corrected chi connectivity index (χ1v) is 15.3. The van der Waals surface area contributed by atoms with Gasteiger partial charge in [0.15, 0.2) is 0 Å². The standard InChI is InChI=1S/C35H46N2O2/c1-23(2)25-14-16-27-26(22-25)15-17-30-33(27,3)18-8-19-34(30,4)32(38)39-21-9-20-35(5)36-28-12-6-10-24-11-7-13-29(37-35)31(24)28/h6-7,10-13,15,22-23,27,30,36-37H,8-9,14,16-21H2,1-5H3. The molecule has 2 aromatic rings. The summed E-state index contributed by atoms with van der Waals surface area (Å²) in [4.78, 5) is 13.8. The lowest BCUT2D eigenvalue weighted by Crippen LogP contribution is -2.53. The van der Waals surface area contributed by atoms with Crippen LogP contribution in [0.4, 0.5) is 11.4 Å².